The van der Waals surface area contributed by atoms with Crippen LogP contribution in [0.5, 0.6) is 0 Å². The number of halogens is 1. The van der Waals surface area contributed by atoms with E-state index in [1.807, 2.05) is 7.05 Å². The van der Waals surface area contributed by atoms with Crippen LogP contribution in [0.2, 0.25) is 4.34 Å². The molecule has 1 aliphatic rings. The smallest absolute Gasteiger partial charge is 0.0960 e. The molecule has 84 valence electrons. The van der Waals surface area contributed by atoms with Crippen molar-refractivity contribution >= 4 is 22.9 Å². The van der Waals surface area contributed by atoms with Crippen LogP contribution in [0, 0.1) is 12.8 Å². The van der Waals surface area contributed by atoms with E-state index < -0.39 is 0 Å². The molecule has 1 unspecified atom stereocenters. The molecule has 1 N–H and O–H groups in total. The van der Waals surface area contributed by atoms with E-state index in [0.717, 1.165) is 10.3 Å². The number of aryl methyl sites for hydroxylation is 1. The van der Waals surface area contributed by atoms with Gasteiger partial charge in [0.2, 0.25) is 0 Å². The Morgan fingerprint density at radius 2 is 2.33 bits per heavy atom. The van der Waals surface area contributed by atoms with Crippen molar-refractivity contribution < 1.29 is 0 Å². The van der Waals surface area contributed by atoms with Crippen molar-refractivity contribution in [1.82, 2.24) is 5.32 Å². The molecular weight excluding hydrogens is 226 g/mol. The molecule has 1 saturated carbocycles. The largest absolute Gasteiger partial charge is 0.312 e. The summed E-state index contributed by atoms with van der Waals surface area (Å²) in [5, 5.41) is 3.41. The van der Waals surface area contributed by atoms with E-state index in [0.29, 0.717) is 6.04 Å². The first-order valence-corrected chi connectivity index (χ1v) is 6.83. The van der Waals surface area contributed by atoms with E-state index in [-0.39, 0.29) is 0 Å². The molecule has 1 fully saturated rings. The monoisotopic (exact) mass is 243 g/mol. The van der Waals surface area contributed by atoms with Crippen LogP contribution >= 0.6 is 22.9 Å². The first kappa shape index (κ1) is 11.4. The molecule has 0 bridgehead atoms. The van der Waals surface area contributed by atoms with Crippen molar-refractivity contribution in [3.8, 4) is 0 Å². The fourth-order valence-corrected chi connectivity index (χ4v) is 3.43. The van der Waals surface area contributed by atoms with Crippen molar-refractivity contribution in [3.05, 3.63) is 20.8 Å². The molecule has 0 aromatic carbocycles. The standard InChI is InChI=1S/C12H18ClNS/c1-8-6-11(15-12(8)13)10(14-2)7-9-4-3-5-9/h6,9-10,14H,3-5,7H2,1-2H3. The maximum Gasteiger partial charge on any atom is 0.0960 e. The fourth-order valence-electron chi connectivity index (χ4n) is 2.09. The maximum absolute atomic E-state index is 6.11. The number of nitrogens with one attached hydrogen (secondary N) is 1. The Kier molecular flexibility index (Phi) is 3.70. The molecular formula is C12H18ClNS. The number of hydrogen-bond acceptors (Lipinski definition) is 2. The third-order valence-corrected chi connectivity index (χ3v) is 5.03. The van der Waals surface area contributed by atoms with Gasteiger partial charge in [0.15, 0.2) is 0 Å². The van der Waals surface area contributed by atoms with Crippen molar-refractivity contribution in [1.29, 1.82) is 0 Å². The molecule has 1 aromatic rings. The highest BCUT2D eigenvalue weighted by atomic mass is 35.5. The number of hydrogen-bond donors (Lipinski definition) is 1. The molecule has 2 rings (SSSR count). The molecule has 0 radical (unpaired) electrons. The lowest BCUT2D eigenvalue weighted by molar-refractivity contribution is 0.267. The van der Waals surface area contributed by atoms with Crippen LogP contribution in [0.25, 0.3) is 0 Å². The minimum atomic E-state index is 0.506. The van der Waals surface area contributed by atoms with Gasteiger partial charge in [0.1, 0.15) is 0 Å². The zero-order chi connectivity index (χ0) is 10.8. The second-order valence-corrected chi connectivity index (χ2v) is 6.17. The van der Waals surface area contributed by atoms with E-state index >= 15 is 0 Å². The first-order chi connectivity index (χ1) is 7.20. The molecule has 3 heteroatoms. The highest BCUT2D eigenvalue weighted by Crippen LogP contribution is 2.38. The summed E-state index contributed by atoms with van der Waals surface area (Å²) in [7, 11) is 2.05. The van der Waals surface area contributed by atoms with Crippen LogP contribution in [0.3, 0.4) is 0 Å². The molecule has 0 aliphatic heterocycles. The zero-order valence-electron chi connectivity index (χ0n) is 9.35. The molecule has 1 aromatic heterocycles. The molecule has 1 nitrogen and oxygen atoms in total. The second kappa shape index (κ2) is 4.86. The quantitative estimate of drug-likeness (QED) is 0.838. The van der Waals surface area contributed by atoms with Crippen molar-refractivity contribution in [3.63, 3.8) is 0 Å². The lowest BCUT2D eigenvalue weighted by Gasteiger charge is -2.29. The molecule has 15 heavy (non-hydrogen) atoms. The van der Waals surface area contributed by atoms with Crippen LogP contribution in [0.15, 0.2) is 6.07 Å². The summed E-state index contributed by atoms with van der Waals surface area (Å²) in [5.41, 5.74) is 1.21. The van der Waals surface area contributed by atoms with Crippen molar-refractivity contribution in [2.75, 3.05) is 7.05 Å². The van der Waals surface area contributed by atoms with E-state index in [1.54, 1.807) is 11.3 Å². The third-order valence-electron chi connectivity index (χ3n) is 3.36. The number of thiophene rings is 1. The highest BCUT2D eigenvalue weighted by molar-refractivity contribution is 7.16. The molecule has 0 saturated heterocycles. The predicted molar refractivity (Wildman–Crippen MR) is 67.8 cm³/mol. The summed E-state index contributed by atoms with van der Waals surface area (Å²) < 4.78 is 0.943. The lowest BCUT2D eigenvalue weighted by Crippen LogP contribution is -2.22. The van der Waals surface area contributed by atoms with Gasteiger partial charge in [-0.05, 0) is 37.9 Å². The topological polar surface area (TPSA) is 12.0 Å². The fraction of sp³-hybridized carbons (Fsp3) is 0.667. The van der Waals surface area contributed by atoms with Gasteiger partial charge in [-0.3, -0.25) is 0 Å². The third kappa shape index (κ3) is 2.55. The van der Waals surface area contributed by atoms with Gasteiger partial charge >= 0.3 is 0 Å². The van der Waals surface area contributed by atoms with Crippen LogP contribution in [-0.2, 0) is 0 Å². The SMILES string of the molecule is CNC(CC1CCC1)c1cc(C)c(Cl)s1. The Labute approximate surface area is 101 Å². The summed E-state index contributed by atoms with van der Waals surface area (Å²) in [6, 6.07) is 2.74. The van der Waals surface area contributed by atoms with E-state index in [2.05, 4.69) is 18.3 Å². The molecule has 0 spiro atoms. The van der Waals surface area contributed by atoms with E-state index in [4.69, 9.17) is 11.6 Å². The van der Waals surface area contributed by atoms with Crippen LogP contribution in [-0.4, -0.2) is 7.05 Å². The summed E-state index contributed by atoms with van der Waals surface area (Å²) >= 11 is 7.83. The van der Waals surface area contributed by atoms with Gasteiger partial charge in [0.05, 0.1) is 4.34 Å². The summed E-state index contributed by atoms with van der Waals surface area (Å²) in [6.07, 6.45) is 5.52. The van der Waals surface area contributed by atoms with Crippen LogP contribution < -0.4 is 5.32 Å². The minimum Gasteiger partial charge on any atom is -0.312 e. The van der Waals surface area contributed by atoms with Gasteiger partial charge in [0, 0.05) is 10.9 Å². The predicted octanol–water partition coefficient (Wildman–Crippen LogP) is 4.16. The summed E-state index contributed by atoms with van der Waals surface area (Å²) in [4.78, 5) is 1.40. The Morgan fingerprint density at radius 3 is 2.73 bits per heavy atom. The normalized spacial score (nSPS) is 18.9. The van der Waals surface area contributed by atoms with Gasteiger partial charge in [-0.1, -0.05) is 30.9 Å². The van der Waals surface area contributed by atoms with Gasteiger partial charge in [0.25, 0.3) is 0 Å². The van der Waals surface area contributed by atoms with Crippen LogP contribution in [0.4, 0.5) is 0 Å². The Bertz CT molecular complexity index is 311. The molecule has 1 heterocycles. The van der Waals surface area contributed by atoms with Gasteiger partial charge in [-0.25, -0.2) is 0 Å². The highest BCUT2D eigenvalue weighted by Gasteiger charge is 2.23. The molecule has 1 atom stereocenters. The van der Waals surface area contributed by atoms with Gasteiger partial charge in [-0.15, -0.1) is 11.3 Å². The van der Waals surface area contributed by atoms with Gasteiger partial charge < -0.3 is 5.32 Å². The Hall–Kier alpha value is -0.0500. The number of rotatable bonds is 4. The molecule has 0 amide bonds. The first-order valence-electron chi connectivity index (χ1n) is 5.63. The second-order valence-electron chi connectivity index (χ2n) is 4.48. The van der Waals surface area contributed by atoms with Crippen LogP contribution in [0.1, 0.15) is 42.2 Å². The Balaban J connectivity index is 2.04. The van der Waals surface area contributed by atoms with E-state index in [1.165, 1.54) is 36.1 Å². The average Bonchev–Trinajstić information content (AvgIpc) is 2.45. The van der Waals surface area contributed by atoms with Crippen molar-refractivity contribution in [2.24, 2.45) is 5.92 Å². The minimum absolute atomic E-state index is 0.506. The lowest BCUT2D eigenvalue weighted by atomic mass is 9.80. The Morgan fingerprint density at radius 1 is 1.60 bits per heavy atom. The van der Waals surface area contributed by atoms with Crippen molar-refractivity contribution in [2.45, 2.75) is 38.6 Å². The summed E-state index contributed by atoms with van der Waals surface area (Å²) in [5.74, 6) is 0.934. The summed E-state index contributed by atoms with van der Waals surface area (Å²) in [6.45, 7) is 2.08. The van der Waals surface area contributed by atoms with E-state index in [9.17, 15) is 0 Å². The maximum atomic E-state index is 6.11. The zero-order valence-corrected chi connectivity index (χ0v) is 10.9. The van der Waals surface area contributed by atoms with Gasteiger partial charge in [-0.2, -0.15) is 0 Å². The average molecular weight is 244 g/mol. The molecule has 1 aliphatic carbocycles.